The van der Waals surface area contributed by atoms with Crippen LogP contribution in [0.4, 0.5) is 11.4 Å². The lowest BCUT2D eigenvalue weighted by Crippen LogP contribution is -2.15. The molecule has 0 saturated carbocycles. The van der Waals surface area contributed by atoms with E-state index in [2.05, 4.69) is 20.2 Å². The average molecular weight is 483 g/mol. The van der Waals surface area contributed by atoms with Crippen LogP contribution in [0.15, 0.2) is 69.4 Å². The van der Waals surface area contributed by atoms with Crippen LogP contribution in [0.5, 0.6) is 0 Å². The van der Waals surface area contributed by atoms with E-state index in [0.29, 0.717) is 29.5 Å². The van der Waals surface area contributed by atoms with Gasteiger partial charge in [0, 0.05) is 18.5 Å². The van der Waals surface area contributed by atoms with Crippen molar-refractivity contribution in [3.05, 3.63) is 77.0 Å². The minimum Gasteiger partial charge on any atom is -0.339 e. The molecule has 10 heteroatoms. The average Bonchev–Trinajstić information content (AvgIpc) is 3.47. The van der Waals surface area contributed by atoms with E-state index in [1.54, 1.807) is 12.1 Å². The first kappa shape index (κ1) is 22.7. The van der Waals surface area contributed by atoms with Gasteiger partial charge in [0.15, 0.2) is 0 Å². The molecule has 170 valence electrons. The standard InChI is InChI=1S/C23H22N4O4S2/c1-15-5-3-6-16(2)22(15)27-33(29,30)18-10-8-17(9-11-18)24-20(28)12-13-21-25-23(26-31-21)19-7-4-14-32-19/h3-11,14,27H,12-13H2,1-2H3,(H,24,28). The Labute approximate surface area is 195 Å². The molecule has 0 aliphatic rings. The minimum absolute atomic E-state index is 0.107. The van der Waals surface area contributed by atoms with Crippen molar-refractivity contribution >= 4 is 38.6 Å². The predicted octanol–water partition coefficient (Wildman–Crippen LogP) is 4.79. The smallest absolute Gasteiger partial charge is 0.261 e. The lowest BCUT2D eigenvalue weighted by atomic mass is 10.1. The molecule has 4 rings (SSSR count). The van der Waals surface area contributed by atoms with Crippen molar-refractivity contribution in [1.29, 1.82) is 0 Å². The Kier molecular flexibility index (Phi) is 6.57. The van der Waals surface area contributed by atoms with Gasteiger partial charge in [0.1, 0.15) is 0 Å². The maximum Gasteiger partial charge on any atom is 0.261 e. The molecule has 0 saturated heterocycles. The summed E-state index contributed by atoms with van der Waals surface area (Å²) in [6, 6.07) is 15.4. The number of thiophene rings is 1. The van der Waals surface area contributed by atoms with Crippen LogP contribution in [0.3, 0.4) is 0 Å². The van der Waals surface area contributed by atoms with Gasteiger partial charge in [-0.05, 0) is 60.7 Å². The lowest BCUT2D eigenvalue weighted by Gasteiger charge is -2.13. The molecule has 2 heterocycles. The van der Waals surface area contributed by atoms with E-state index in [-0.39, 0.29) is 17.2 Å². The maximum absolute atomic E-state index is 12.8. The van der Waals surface area contributed by atoms with E-state index in [1.807, 2.05) is 49.6 Å². The summed E-state index contributed by atoms with van der Waals surface area (Å²) in [4.78, 5) is 17.6. The van der Waals surface area contributed by atoms with Gasteiger partial charge in [-0.15, -0.1) is 11.3 Å². The third-order valence-electron chi connectivity index (χ3n) is 4.94. The third-order valence-corrected chi connectivity index (χ3v) is 7.17. The summed E-state index contributed by atoms with van der Waals surface area (Å²) in [5.74, 6) is 0.648. The Morgan fingerprint density at radius 3 is 2.42 bits per heavy atom. The van der Waals surface area contributed by atoms with Crippen molar-refractivity contribution in [2.75, 3.05) is 10.0 Å². The van der Waals surface area contributed by atoms with Gasteiger partial charge in [-0.3, -0.25) is 9.52 Å². The SMILES string of the molecule is Cc1cccc(C)c1NS(=O)(=O)c1ccc(NC(=O)CCc2nc(-c3cccs3)no2)cc1. The second kappa shape index (κ2) is 9.55. The van der Waals surface area contributed by atoms with E-state index in [1.165, 1.54) is 23.5 Å². The highest BCUT2D eigenvalue weighted by Gasteiger charge is 2.17. The van der Waals surface area contributed by atoms with E-state index in [4.69, 9.17) is 4.52 Å². The molecule has 0 unspecified atom stereocenters. The van der Waals surface area contributed by atoms with Gasteiger partial charge < -0.3 is 9.84 Å². The molecule has 8 nitrogen and oxygen atoms in total. The Balaban J connectivity index is 1.35. The van der Waals surface area contributed by atoms with Gasteiger partial charge in [-0.25, -0.2) is 8.42 Å². The normalized spacial score (nSPS) is 11.3. The number of benzene rings is 2. The van der Waals surface area contributed by atoms with Crippen molar-refractivity contribution in [2.45, 2.75) is 31.6 Å². The van der Waals surface area contributed by atoms with Crippen molar-refractivity contribution < 1.29 is 17.7 Å². The summed E-state index contributed by atoms with van der Waals surface area (Å²) in [5, 5.41) is 8.60. The van der Waals surface area contributed by atoms with E-state index < -0.39 is 10.0 Å². The number of aryl methyl sites for hydroxylation is 3. The molecule has 0 bridgehead atoms. The summed E-state index contributed by atoms with van der Waals surface area (Å²) in [5.41, 5.74) is 2.74. The number of rotatable bonds is 8. The van der Waals surface area contributed by atoms with Crippen LogP contribution in [-0.2, 0) is 21.2 Å². The topological polar surface area (TPSA) is 114 Å². The number of para-hydroxylation sites is 1. The second-order valence-electron chi connectivity index (χ2n) is 7.43. The molecule has 0 radical (unpaired) electrons. The number of carbonyl (C=O) groups is 1. The number of sulfonamides is 1. The summed E-state index contributed by atoms with van der Waals surface area (Å²) in [6.07, 6.45) is 0.455. The number of nitrogens with zero attached hydrogens (tertiary/aromatic N) is 2. The first-order valence-corrected chi connectivity index (χ1v) is 12.5. The van der Waals surface area contributed by atoms with E-state index >= 15 is 0 Å². The molecule has 2 aromatic heterocycles. The highest BCUT2D eigenvalue weighted by atomic mass is 32.2. The molecule has 0 atom stereocenters. The molecular formula is C23H22N4O4S2. The number of hydrogen-bond donors (Lipinski definition) is 2. The summed E-state index contributed by atoms with van der Waals surface area (Å²) < 4.78 is 33.4. The molecule has 0 fully saturated rings. The highest BCUT2D eigenvalue weighted by molar-refractivity contribution is 7.92. The molecule has 0 aliphatic heterocycles. The number of carbonyl (C=O) groups excluding carboxylic acids is 1. The highest BCUT2D eigenvalue weighted by Crippen LogP contribution is 2.24. The monoisotopic (exact) mass is 482 g/mol. The van der Waals surface area contributed by atoms with Crippen LogP contribution < -0.4 is 10.0 Å². The van der Waals surface area contributed by atoms with Gasteiger partial charge in [0.25, 0.3) is 10.0 Å². The van der Waals surface area contributed by atoms with Crippen LogP contribution in [0.1, 0.15) is 23.4 Å². The van der Waals surface area contributed by atoms with Gasteiger partial charge >= 0.3 is 0 Å². The minimum atomic E-state index is -3.76. The quantitative estimate of drug-likeness (QED) is 0.373. The zero-order valence-electron chi connectivity index (χ0n) is 18.0. The predicted molar refractivity (Wildman–Crippen MR) is 128 cm³/mol. The van der Waals surface area contributed by atoms with Crippen LogP contribution in [0.25, 0.3) is 10.7 Å². The Hall–Kier alpha value is -3.50. The van der Waals surface area contributed by atoms with Crippen molar-refractivity contribution in [1.82, 2.24) is 10.1 Å². The van der Waals surface area contributed by atoms with Crippen molar-refractivity contribution in [2.24, 2.45) is 0 Å². The fourth-order valence-corrected chi connectivity index (χ4v) is 5.04. The first-order chi connectivity index (χ1) is 15.8. The fourth-order valence-electron chi connectivity index (χ4n) is 3.19. The van der Waals surface area contributed by atoms with Gasteiger partial charge in [0.2, 0.25) is 17.6 Å². The van der Waals surface area contributed by atoms with Gasteiger partial charge in [-0.2, -0.15) is 4.98 Å². The Bertz CT molecular complexity index is 1340. The molecule has 0 spiro atoms. The third kappa shape index (κ3) is 5.47. The maximum atomic E-state index is 12.8. The summed E-state index contributed by atoms with van der Waals surface area (Å²) in [7, 11) is -3.76. The fraction of sp³-hybridized carbons (Fsp3) is 0.174. The Morgan fingerprint density at radius 2 is 1.76 bits per heavy atom. The van der Waals surface area contributed by atoms with Crippen LogP contribution in [-0.4, -0.2) is 24.5 Å². The van der Waals surface area contributed by atoms with Crippen LogP contribution in [0, 0.1) is 13.8 Å². The first-order valence-electron chi connectivity index (χ1n) is 10.2. The van der Waals surface area contributed by atoms with Gasteiger partial charge in [-0.1, -0.05) is 29.4 Å². The van der Waals surface area contributed by atoms with Gasteiger partial charge in [0.05, 0.1) is 15.5 Å². The largest absolute Gasteiger partial charge is 0.339 e. The van der Waals surface area contributed by atoms with Crippen molar-refractivity contribution in [3.63, 3.8) is 0 Å². The molecule has 4 aromatic rings. The molecule has 1 amide bonds. The molecule has 2 N–H and O–H groups in total. The molecule has 33 heavy (non-hydrogen) atoms. The zero-order valence-corrected chi connectivity index (χ0v) is 19.7. The number of amides is 1. The molecule has 2 aromatic carbocycles. The summed E-state index contributed by atoms with van der Waals surface area (Å²) in [6.45, 7) is 3.70. The lowest BCUT2D eigenvalue weighted by molar-refractivity contribution is -0.116. The number of hydrogen-bond acceptors (Lipinski definition) is 7. The van der Waals surface area contributed by atoms with Crippen LogP contribution >= 0.6 is 11.3 Å². The van der Waals surface area contributed by atoms with Crippen LogP contribution in [0.2, 0.25) is 0 Å². The second-order valence-corrected chi connectivity index (χ2v) is 10.1. The van der Waals surface area contributed by atoms with E-state index in [9.17, 15) is 13.2 Å². The number of nitrogens with one attached hydrogen (secondary N) is 2. The zero-order chi connectivity index (χ0) is 23.4. The van der Waals surface area contributed by atoms with E-state index in [0.717, 1.165) is 16.0 Å². The summed E-state index contributed by atoms with van der Waals surface area (Å²) >= 11 is 1.51. The molecule has 0 aliphatic carbocycles. The number of anilines is 2. The number of aromatic nitrogens is 2. The molecular weight excluding hydrogens is 460 g/mol. The Morgan fingerprint density at radius 1 is 1.03 bits per heavy atom. The van der Waals surface area contributed by atoms with Crippen molar-refractivity contribution in [3.8, 4) is 10.7 Å².